The van der Waals surface area contributed by atoms with Gasteiger partial charge in [-0.05, 0) is 6.92 Å². The van der Waals surface area contributed by atoms with Gasteiger partial charge >= 0.3 is 0 Å². The van der Waals surface area contributed by atoms with E-state index in [-0.39, 0.29) is 6.61 Å². The fraction of sp³-hybridized carbons (Fsp3) is 0.500. The Morgan fingerprint density at radius 1 is 1.05 bits per heavy atom. The van der Waals surface area contributed by atoms with Gasteiger partial charge < -0.3 is 18.9 Å². The minimum atomic E-state index is -4.67. The van der Waals surface area contributed by atoms with Crippen molar-refractivity contribution in [3.8, 4) is 0 Å². The fourth-order valence-corrected chi connectivity index (χ4v) is 1.62. The van der Waals surface area contributed by atoms with Crippen molar-refractivity contribution in [2.45, 2.75) is 6.92 Å². The zero-order valence-electron chi connectivity index (χ0n) is 13.0. The molecule has 2 aromatic rings. The topological polar surface area (TPSA) is 90.0 Å². The van der Waals surface area contributed by atoms with E-state index >= 15 is 0 Å². The van der Waals surface area contributed by atoms with Gasteiger partial charge in [-0.25, -0.2) is 18.3 Å². The van der Waals surface area contributed by atoms with Gasteiger partial charge in [0.05, 0.1) is 36.0 Å². The second kappa shape index (κ2) is 9.46. The number of aromatic nitrogens is 4. The van der Waals surface area contributed by atoms with Gasteiger partial charge in [-0.1, -0.05) is 0 Å². The van der Waals surface area contributed by atoms with E-state index in [1.54, 1.807) is 0 Å². The quantitative estimate of drug-likeness (QED) is 0.500. The Hall–Kier alpha value is -1.47. The van der Waals surface area contributed by atoms with Crippen molar-refractivity contribution in [3.63, 3.8) is 0 Å². The number of rotatable bonds is 2. The maximum absolute atomic E-state index is 9.48. The largest absolute Gasteiger partial charge is 0.790 e. The Kier molecular flexibility index (Phi) is 8.80. The molecule has 0 unspecified atom stereocenters. The first-order valence-electron chi connectivity index (χ1n) is 6.25. The van der Waals surface area contributed by atoms with Gasteiger partial charge in [0.15, 0.2) is 0 Å². The van der Waals surface area contributed by atoms with Gasteiger partial charge in [0, 0.05) is 6.61 Å². The molecule has 0 saturated heterocycles. The van der Waals surface area contributed by atoms with Crippen molar-refractivity contribution in [1.82, 2.24) is 9.13 Å². The molecule has 0 aliphatic carbocycles. The van der Waals surface area contributed by atoms with E-state index in [0.717, 1.165) is 0 Å². The number of hydrogen-bond donors (Lipinski definition) is 0. The summed E-state index contributed by atoms with van der Waals surface area (Å²) in [6.07, 6.45) is 12.0. The molecule has 2 heterocycles. The van der Waals surface area contributed by atoms with Crippen LogP contribution < -0.4 is 18.9 Å². The summed E-state index contributed by atoms with van der Waals surface area (Å²) in [4.78, 5) is 19.0. The van der Waals surface area contributed by atoms with Crippen LogP contribution in [0.25, 0.3) is 0 Å². The SMILES string of the molecule is CCOP(=O)([O-])[O-].Cn1cc[n+](C)c1.Cn1cc[n+](C)c1. The van der Waals surface area contributed by atoms with Crippen molar-refractivity contribution in [3.05, 3.63) is 37.4 Å². The zero-order valence-corrected chi connectivity index (χ0v) is 13.9. The highest BCUT2D eigenvalue weighted by atomic mass is 31.2. The van der Waals surface area contributed by atoms with Gasteiger partial charge in [0.2, 0.25) is 12.7 Å². The molecule has 0 aliphatic rings. The highest BCUT2D eigenvalue weighted by Gasteiger charge is 1.88. The third-order valence-electron chi connectivity index (χ3n) is 2.09. The molecule has 0 atom stereocenters. The molecular weight excluding hydrogens is 295 g/mol. The molecule has 2 rings (SSSR count). The number of imidazole rings is 2. The highest BCUT2D eigenvalue weighted by Crippen LogP contribution is 2.23. The number of nitrogens with zero attached hydrogens (tertiary/aromatic N) is 4. The zero-order chi connectivity index (χ0) is 16.5. The van der Waals surface area contributed by atoms with E-state index < -0.39 is 7.82 Å². The predicted octanol–water partition coefficient (Wildman–Crippen LogP) is -1.45. The van der Waals surface area contributed by atoms with Crippen LogP contribution in [0.2, 0.25) is 0 Å². The molecule has 0 fully saturated rings. The molecule has 0 bridgehead atoms. The summed E-state index contributed by atoms with van der Waals surface area (Å²) in [5.41, 5.74) is 0. The van der Waals surface area contributed by atoms with Crippen LogP contribution in [0.4, 0.5) is 0 Å². The van der Waals surface area contributed by atoms with E-state index in [4.69, 9.17) is 0 Å². The normalized spacial score (nSPS) is 10.2. The first-order chi connectivity index (χ1) is 9.64. The van der Waals surface area contributed by atoms with Gasteiger partial charge in [-0.2, -0.15) is 0 Å². The van der Waals surface area contributed by atoms with E-state index in [1.807, 2.05) is 83.9 Å². The first-order valence-corrected chi connectivity index (χ1v) is 7.71. The molecule has 9 heteroatoms. The standard InChI is InChI=1S/2C5H9N2.C2H7O4P/c2*1-6-3-4-7(2)5-6;1-2-6-7(3,4)5/h2*3-5H,1-2H3;2H2,1H3,(H2,3,4,5)/q2*+1;/p-2. The number of aryl methyl sites for hydroxylation is 4. The van der Waals surface area contributed by atoms with Crippen molar-refractivity contribution < 1.29 is 28.0 Å². The smallest absolute Gasteiger partial charge is 0.243 e. The predicted molar refractivity (Wildman–Crippen MR) is 72.4 cm³/mol. The summed E-state index contributed by atoms with van der Waals surface area (Å²) in [7, 11) is 3.33. The van der Waals surface area contributed by atoms with E-state index in [2.05, 4.69) is 4.52 Å². The van der Waals surface area contributed by atoms with Crippen molar-refractivity contribution >= 4 is 7.82 Å². The van der Waals surface area contributed by atoms with Crippen molar-refractivity contribution in [1.29, 1.82) is 0 Å². The molecule has 0 amide bonds. The highest BCUT2D eigenvalue weighted by molar-refractivity contribution is 7.43. The minimum absolute atomic E-state index is 0.0791. The van der Waals surface area contributed by atoms with Gasteiger partial charge in [-0.15, -0.1) is 0 Å². The molecule has 0 N–H and O–H groups in total. The summed E-state index contributed by atoms with van der Waals surface area (Å²) in [6, 6.07) is 0. The summed E-state index contributed by atoms with van der Waals surface area (Å²) in [5, 5.41) is 0. The lowest BCUT2D eigenvalue weighted by molar-refractivity contribution is -0.671. The molecule has 0 aromatic carbocycles. The maximum atomic E-state index is 9.48. The average molecular weight is 318 g/mol. The minimum Gasteiger partial charge on any atom is -0.790 e. The fourth-order valence-electron chi connectivity index (χ4n) is 1.31. The van der Waals surface area contributed by atoms with Crippen LogP contribution in [0.5, 0.6) is 0 Å². The average Bonchev–Trinajstić information content (AvgIpc) is 2.87. The van der Waals surface area contributed by atoms with Crippen LogP contribution in [-0.4, -0.2) is 15.7 Å². The molecular formula is C12H23N4O4P. The number of phosphoric ester groups is 1. The Morgan fingerprint density at radius 2 is 1.43 bits per heavy atom. The molecule has 0 radical (unpaired) electrons. The molecule has 0 saturated carbocycles. The summed E-state index contributed by atoms with van der Waals surface area (Å²) < 4.78 is 21.2. The first kappa shape index (κ1) is 19.5. The molecule has 2 aromatic heterocycles. The van der Waals surface area contributed by atoms with Crippen molar-refractivity contribution in [2.24, 2.45) is 28.2 Å². The summed E-state index contributed by atoms with van der Waals surface area (Å²) >= 11 is 0. The van der Waals surface area contributed by atoms with Crippen LogP contribution >= 0.6 is 7.82 Å². The summed E-state index contributed by atoms with van der Waals surface area (Å²) in [6.45, 7) is 1.35. The van der Waals surface area contributed by atoms with E-state index in [1.165, 1.54) is 6.92 Å². The van der Waals surface area contributed by atoms with Crippen LogP contribution in [-0.2, 0) is 37.3 Å². The Morgan fingerprint density at radius 3 is 1.48 bits per heavy atom. The second-order valence-electron chi connectivity index (χ2n) is 4.35. The third-order valence-corrected chi connectivity index (χ3v) is 2.66. The monoisotopic (exact) mass is 318 g/mol. The lowest BCUT2D eigenvalue weighted by atomic mass is 10.9. The Balaban J connectivity index is 0.000000286. The van der Waals surface area contributed by atoms with Gasteiger partial charge in [0.25, 0.3) is 0 Å². The van der Waals surface area contributed by atoms with E-state index in [0.29, 0.717) is 0 Å². The third kappa shape index (κ3) is 12.0. The lowest BCUT2D eigenvalue weighted by Crippen LogP contribution is -2.23. The maximum Gasteiger partial charge on any atom is 0.243 e. The van der Waals surface area contributed by atoms with Crippen LogP contribution in [0, 0.1) is 0 Å². The molecule has 0 aliphatic heterocycles. The lowest BCUT2D eigenvalue weighted by Gasteiger charge is -2.27. The molecule has 21 heavy (non-hydrogen) atoms. The second-order valence-corrected chi connectivity index (χ2v) is 5.51. The van der Waals surface area contributed by atoms with E-state index in [9.17, 15) is 14.4 Å². The molecule has 120 valence electrons. The Bertz CT molecular complexity index is 490. The van der Waals surface area contributed by atoms with Gasteiger partial charge in [0.1, 0.15) is 24.8 Å². The number of phosphoric acid groups is 1. The van der Waals surface area contributed by atoms with Crippen LogP contribution in [0.1, 0.15) is 6.92 Å². The van der Waals surface area contributed by atoms with Crippen molar-refractivity contribution in [2.75, 3.05) is 6.61 Å². The van der Waals surface area contributed by atoms with Crippen LogP contribution in [0.3, 0.4) is 0 Å². The molecule has 8 nitrogen and oxygen atoms in total. The van der Waals surface area contributed by atoms with Crippen LogP contribution in [0.15, 0.2) is 37.4 Å². The van der Waals surface area contributed by atoms with Gasteiger partial charge in [-0.3, -0.25) is 0 Å². The molecule has 0 spiro atoms. The summed E-state index contributed by atoms with van der Waals surface area (Å²) in [5.74, 6) is 0. The number of hydrogen-bond acceptors (Lipinski definition) is 4. The Labute approximate surface area is 125 Å².